The van der Waals surface area contributed by atoms with Crippen LogP contribution in [0.15, 0.2) is 12.4 Å². The third-order valence-electron chi connectivity index (χ3n) is 3.12. The van der Waals surface area contributed by atoms with E-state index in [-0.39, 0.29) is 11.5 Å². The molecule has 102 valence electrons. The van der Waals surface area contributed by atoms with E-state index < -0.39 is 0 Å². The van der Waals surface area contributed by atoms with Crippen LogP contribution in [-0.4, -0.2) is 29.1 Å². The van der Waals surface area contributed by atoms with Crippen LogP contribution in [0.25, 0.3) is 0 Å². The second kappa shape index (κ2) is 6.54. The Morgan fingerprint density at radius 3 is 2.61 bits per heavy atom. The summed E-state index contributed by atoms with van der Waals surface area (Å²) in [5.41, 5.74) is 5.84. The van der Waals surface area contributed by atoms with Crippen LogP contribution in [0.4, 0.5) is 11.6 Å². The Morgan fingerprint density at radius 1 is 1.33 bits per heavy atom. The van der Waals surface area contributed by atoms with Gasteiger partial charge in [0.25, 0.3) is 0 Å². The average molecular weight is 251 g/mol. The summed E-state index contributed by atoms with van der Waals surface area (Å²) in [6.45, 7) is 10.2. The summed E-state index contributed by atoms with van der Waals surface area (Å²) in [6.07, 6.45) is 2.69. The van der Waals surface area contributed by atoms with Crippen LogP contribution in [-0.2, 0) is 0 Å². The molecule has 1 rings (SSSR count). The van der Waals surface area contributed by atoms with Gasteiger partial charge < -0.3 is 16.4 Å². The Balaban J connectivity index is 2.59. The minimum Gasteiger partial charge on any atom is -0.369 e. The monoisotopic (exact) mass is 251 g/mol. The zero-order valence-corrected chi connectivity index (χ0v) is 11.8. The molecular weight excluding hydrogens is 226 g/mol. The molecule has 0 fully saturated rings. The molecule has 0 radical (unpaired) electrons. The van der Waals surface area contributed by atoms with Gasteiger partial charge in [-0.2, -0.15) is 0 Å². The molecule has 0 bridgehead atoms. The van der Waals surface area contributed by atoms with Crippen molar-refractivity contribution >= 4 is 11.6 Å². The van der Waals surface area contributed by atoms with Gasteiger partial charge in [-0.05, 0) is 18.8 Å². The van der Waals surface area contributed by atoms with E-state index in [1.165, 1.54) is 0 Å². The first-order valence-corrected chi connectivity index (χ1v) is 6.49. The summed E-state index contributed by atoms with van der Waals surface area (Å²) >= 11 is 0. The van der Waals surface area contributed by atoms with Crippen molar-refractivity contribution in [3.05, 3.63) is 12.4 Å². The molecule has 0 aliphatic heterocycles. The molecule has 0 saturated carbocycles. The van der Waals surface area contributed by atoms with E-state index >= 15 is 0 Å². The van der Waals surface area contributed by atoms with Gasteiger partial charge in [-0.15, -0.1) is 0 Å². The Morgan fingerprint density at radius 2 is 2.00 bits per heavy atom. The Kier molecular flexibility index (Phi) is 5.34. The van der Waals surface area contributed by atoms with Crippen LogP contribution in [0, 0.1) is 5.41 Å². The Labute approximate surface area is 110 Å². The highest BCUT2D eigenvalue weighted by Gasteiger charge is 2.14. The Hall–Kier alpha value is -1.36. The van der Waals surface area contributed by atoms with Crippen LogP contribution in [0.2, 0.25) is 0 Å². The number of hydrogen-bond acceptors (Lipinski definition) is 5. The first kappa shape index (κ1) is 14.7. The summed E-state index contributed by atoms with van der Waals surface area (Å²) < 4.78 is 0. The van der Waals surface area contributed by atoms with Crippen molar-refractivity contribution in [3.63, 3.8) is 0 Å². The standard InChI is InChI=1S/C13H25N5/c1-5-13(3,4)8-15-11-6-12(17-9-16-11)18-10(2)7-14/h6,9-10H,5,7-8,14H2,1-4H3,(H2,15,16,17,18). The van der Waals surface area contributed by atoms with Gasteiger partial charge in [0.15, 0.2) is 0 Å². The zero-order valence-electron chi connectivity index (χ0n) is 11.8. The minimum atomic E-state index is 0.208. The molecule has 0 spiro atoms. The van der Waals surface area contributed by atoms with Crippen molar-refractivity contribution < 1.29 is 0 Å². The molecule has 0 aliphatic rings. The summed E-state index contributed by atoms with van der Waals surface area (Å²) in [5, 5.41) is 6.57. The maximum atomic E-state index is 5.57. The third kappa shape index (κ3) is 4.87. The summed E-state index contributed by atoms with van der Waals surface area (Å²) in [7, 11) is 0. The summed E-state index contributed by atoms with van der Waals surface area (Å²) in [5.74, 6) is 1.65. The molecular formula is C13H25N5. The van der Waals surface area contributed by atoms with E-state index in [0.29, 0.717) is 6.54 Å². The van der Waals surface area contributed by atoms with Crippen molar-refractivity contribution in [2.75, 3.05) is 23.7 Å². The molecule has 1 aromatic rings. The van der Waals surface area contributed by atoms with Gasteiger partial charge in [-0.25, -0.2) is 9.97 Å². The highest BCUT2D eigenvalue weighted by molar-refractivity contribution is 5.46. The van der Waals surface area contributed by atoms with Crippen LogP contribution in [0.5, 0.6) is 0 Å². The lowest BCUT2D eigenvalue weighted by Gasteiger charge is -2.23. The van der Waals surface area contributed by atoms with Crippen LogP contribution in [0.3, 0.4) is 0 Å². The zero-order chi connectivity index (χ0) is 13.6. The second-order valence-corrected chi connectivity index (χ2v) is 5.44. The quantitative estimate of drug-likeness (QED) is 0.692. The number of hydrogen-bond donors (Lipinski definition) is 3. The van der Waals surface area contributed by atoms with Crippen molar-refractivity contribution in [3.8, 4) is 0 Å². The topological polar surface area (TPSA) is 75.9 Å². The van der Waals surface area contributed by atoms with Crippen LogP contribution < -0.4 is 16.4 Å². The number of nitrogens with two attached hydrogens (primary N) is 1. The van der Waals surface area contributed by atoms with Gasteiger partial charge in [0.1, 0.15) is 18.0 Å². The van der Waals surface area contributed by atoms with Gasteiger partial charge in [0.2, 0.25) is 0 Å². The molecule has 1 heterocycles. The number of nitrogens with zero attached hydrogens (tertiary/aromatic N) is 2. The van der Waals surface area contributed by atoms with E-state index in [9.17, 15) is 0 Å². The lowest BCUT2D eigenvalue weighted by molar-refractivity contribution is 0.376. The summed E-state index contributed by atoms with van der Waals surface area (Å²) in [6, 6.07) is 2.12. The molecule has 0 saturated heterocycles. The number of nitrogens with one attached hydrogen (secondary N) is 2. The van der Waals surface area contributed by atoms with Gasteiger partial charge in [-0.3, -0.25) is 0 Å². The van der Waals surface area contributed by atoms with Gasteiger partial charge in [-0.1, -0.05) is 20.8 Å². The lowest BCUT2D eigenvalue weighted by atomic mass is 9.90. The highest BCUT2D eigenvalue weighted by atomic mass is 15.1. The molecule has 5 nitrogen and oxygen atoms in total. The van der Waals surface area contributed by atoms with E-state index in [2.05, 4.69) is 41.4 Å². The van der Waals surface area contributed by atoms with Crippen molar-refractivity contribution in [1.82, 2.24) is 9.97 Å². The average Bonchev–Trinajstić information content (AvgIpc) is 2.37. The van der Waals surface area contributed by atoms with Gasteiger partial charge >= 0.3 is 0 Å². The first-order chi connectivity index (χ1) is 8.46. The fourth-order valence-electron chi connectivity index (χ4n) is 1.30. The lowest BCUT2D eigenvalue weighted by Crippen LogP contribution is -2.26. The molecule has 5 heteroatoms. The Bertz CT molecular complexity index is 364. The second-order valence-electron chi connectivity index (χ2n) is 5.44. The molecule has 1 atom stereocenters. The van der Waals surface area contributed by atoms with Crippen molar-refractivity contribution in [2.45, 2.75) is 40.2 Å². The fraction of sp³-hybridized carbons (Fsp3) is 0.692. The predicted octanol–water partition coefficient (Wildman–Crippen LogP) is 2.08. The number of anilines is 2. The minimum absolute atomic E-state index is 0.208. The predicted molar refractivity (Wildman–Crippen MR) is 76.7 cm³/mol. The molecule has 4 N–H and O–H groups in total. The fourth-order valence-corrected chi connectivity index (χ4v) is 1.30. The van der Waals surface area contributed by atoms with Crippen LogP contribution >= 0.6 is 0 Å². The van der Waals surface area contributed by atoms with Gasteiger partial charge in [0.05, 0.1) is 0 Å². The first-order valence-electron chi connectivity index (χ1n) is 6.49. The number of rotatable bonds is 7. The maximum Gasteiger partial charge on any atom is 0.131 e. The molecule has 0 aromatic carbocycles. The summed E-state index contributed by atoms with van der Waals surface area (Å²) in [4.78, 5) is 8.39. The smallest absolute Gasteiger partial charge is 0.131 e. The molecule has 1 unspecified atom stereocenters. The highest BCUT2D eigenvalue weighted by Crippen LogP contribution is 2.20. The molecule has 0 aliphatic carbocycles. The van der Waals surface area contributed by atoms with Crippen molar-refractivity contribution in [2.24, 2.45) is 11.1 Å². The molecule has 18 heavy (non-hydrogen) atoms. The maximum absolute atomic E-state index is 5.57. The molecule has 0 amide bonds. The van der Waals surface area contributed by atoms with Gasteiger partial charge in [0, 0.05) is 25.2 Å². The SMILES string of the molecule is CCC(C)(C)CNc1cc(NC(C)CN)ncn1. The molecule has 1 aromatic heterocycles. The van der Waals surface area contributed by atoms with E-state index in [1.54, 1.807) is 6.33 Å². The number of aromatic nitrogens is 2. The van der Waals surface area contributed by atoms with Crippen LogP contribution in [0.1, 0.15) is 34.1 Å². The normalized spacial score (nSPS) is 13.2. The van der Waals surface area contributed by atoms with E-state index in [1.807, 2.05) is 13.0 Å². The van der Waals surface area contributed by atoms with E-state index in [4.69, 9.17) is 5.73 Å². The van der Waals surface area contributed by atoms with Crippen molar-refractivity contribution in [1.29, 1.82) is 0 Å². The third-order valence-corrected chi connectivity index (χ3v) is 3.12. The largest absolute Gasteiger partial charge is 0.369 e. The van der Waals surface area contributed by atoms with E-state index in [0.717, 1.165) is 24.6 Å².